The quantitative estimate of drug-likeness (QED) is 0.711. The van der Waals surface area contributed by atoms with Gasteiger partial charge in [-0.25, -0.2) is 4.39 Å². The molecule has 0 atom stereocenters. The van der Waals surface area contributed by atoms with Crippen molar-refractivity contribution >= 4 is 10.9 Å². The molecule has 4 nitrogen and oxygen atoms in total. The molecule has 98 valence electrons. The first-order chi connectivity index (χ1) is 9.61. The second-order valence-corrected chi connectivity index (χ2v) is 4.54. The molecule has 5 heteroatoms. The maximum absolute atomic E-state index is 13.7. The monoisotopic (exact) mass is 267 g/mol. The highest BCUT2D eigenvalue weighted by Crippen LogP contribution is 2.30. The number of H-pyrrole nitrogens is 2. The minimum atomic E-state index is -0.438. The van der Waals surface area contributed by atoms with E-state index in [2.05, 4.69) is 9.97 Å². The smallest absolute Gasteiger partial charge is 0.266 e. The van der Waals surface area contributed by atoms with Gasteiger partial charge in [-0.2, -0.15) is 5.26 Å². The maximum atomic E-state index is 13.7. The van der Waals surface area contributed by atoms with E-state index < -0.39 is 5.56 Å². The molecule has 0 spiro atoms. The Labute approximate surface area is 113 Å². The van der Waals surface area contributed by atoms with Gasteiger partial charge < -0.3 is 9.97 Å². The third kappa shape index (κ3) is 1.70. The molecule has 0 saturated carbocycles. The summed E-state index contributed by atoms with van der Waals surface area (Å²) in [5.41, 5.74) is 1.95. The van der Waals surface area contributed by atoms with Gasteiger partial charge in [-0.3, -0.25) is 4.79 Å². The van der Waals surface area contributed by atoms with Crippen molar-refractivity contribution in [2.45, 2.75) is 6.92 Å². The van der Waals surface area contributed by atoms with Crippen LogP contribution in [0.1, 0.15) is 11.3 Å². The van der Waals surface area contributed by atoms with Crippen LogP contribution in [0.4, 0.5) is 4.39 Å². The van der Waals surface area contributed by atoms with Gasteiger partial charge in [0.2, 0.25) is 0 Å². The van der Waals surface area contributed by atoms with Crippen LogP contribution in [0, 0.1) is 24.1 Å². The van der Waals surface area contributed by atoms with Crippen LogP contribution >= 0.6 is 0 Å². The van der Waals surface area contributed by atoms with Crippen LogP contribution in [0.5, 0.6) is 0 Å². The molecular weight excluding hydrogens is 257 g/mol. The number of hydrogen-bond acceptors (Lipinski definition) is 2. The molecular formula is C15H10FN3O. The van der Waals surface area contributed by atoms with Crippen molar-refractivity contribution in [1.29, 1.82) is 5.26 Å². The largest absolute Gasteiger partial charge is 0.361 e. The lowest BCUT2D eigenvalue weighted by atomic mass is 9.99. The van der Waals surface area contributed by atoms with E-state index in [9.17, 15) is 14.4 Å². The topological polar surface area (TPSA) is 72.4 Å². The summed E-state index contributed by atoms with van der Waals surface area (Å²) in [7, 11) is 0. The number of halogens is 1. The first-order valence-corrected chi connectivity index (χ1v) is 6.02. The fraction of sp³-hybridized carbons (Fsp3) is 0.0667. The molecule has 0 radical (unpaired) electrons. The van der Waals surface area contributed by atoms with E-state index >= 15 is 0 Å². The number of rotatable bonds is 1. The number of aromatic nitrogens is 2. The van der Waals surface area contributed by atoms with Crippen LogP contribution in [0.25, 0.3) is 22.0 Å². The van der Waals surface area contributed by atoms with Gasteiger partial charge in [0.05, 0.1) is 5.52 Å². The molecule has 2 heterocycles. The highest BCUT2D eigenvalue weighted by Gasteiger charge is 2.14. The summed E-state index contributed by atoms with van der Waals surface area (Å²) in [5.74, 6) is -0.343. The van der Waals surface area contributed by atoms with Gasteiger partial charge >= 0.3 is 0 Å². The predicted molar refractivity (Wildman–Crippen MR) is 73.8 cm³/mol. The fourth-order valence-corrected chi connectivity index (χ4v) is 2.36. The number of pyridine rings is 1. The lowest BCUT2D eigenvalue weighted by Crippen LogP contribution is -2.12. The molecule has 0 aliphatic heterocycles. The van der Waals surface area contributed by atoms with Crippen LogP contribution in [0.15, 0.2) is 35.3 Å². The Bertz CT molecular complexity index is 915. The number of aryl methyl sites for hydroxylation is 1. The number of nitrogens with zero attached hydrogens (tertiary/aromatic N) is 1. The van der Waals surface area contributed by atoms with Crippen molar-refractivity contribution in [1.82, 2.24) is 9.97 Å². The van der Waals surface area contributed by atoms with Crippen molar-refractivity contribution in [3.05, 3.63) is 57.9 Å². The van der Waals surface area contributed by atoms with E-state index in [0.29, 0.717) is 27.7 Å². The second-order valence-electron chi connectivity index (χ2n) is 4.54. The average Bonchev–Trinajstić information content (AvgIpc) is 2.88. The van der Waals surface area contributed by atoms with E-state index in [0.717, 1.165) is 0 Å². The van der Waals surface area contributed by atoms with Gasteiger partial charge in [0, 0.05) is 28.4 Å². The van der Waals surface area contributed by atoms with Crippen molar-refractivity contribution in [2.75, 3.05) is 0 Å². The van der Waals surface area contributed by atoms with Gasteiger partial charge in [0.1, 0.15) is 17.4 Å². The number of fused-ring (bicyclic) bond motifs is 1. The zero-order chi connectivity index (χ0) is 14.3. The normalized spacial score (nSPS) is 10.7. The molecule has 0 aliphatic rings. The van der Waals surface area contributed by atoms with Gasteiger partial charge in [-0.15, -0.1) is 0 Å². The van der Waals surface area contributed by atoms with Crippen LogP contribution in [-0.2, 0) is 0 Å². The van der Waals surface area contributed by atoms with Crippen molar-refractivity contribution in [3.63, 3.8) is 0 Å². The molecule has 0 bridgehead atoms. The Morgan fingerprint density at radius 2 is 2.05 bits per heavy atom. The maximum Gasteiger partial charge on any atom is 0.266 e. The summed E-state index contributed by atoms with van der Waals surface area (Å²) in [6, 6.07) is 8.16. The fourth-order valence-electron chi connectivity index (χ4n) is 2.36. The summed E-state index contributed by atoms with van der Waals surface area (Å²) < 4.78 is 13.7. The minimum Gasteiger partial charge on any atom is -0.361 e. The van der Waals surface area contributed by atoms with Crippen LogP contribution in [-0.4, -0.2) is 9.97 Å². The van der Waals surface area contributed by atoms with E-state index in [1.807, 2.05) is 6.07 Å². The molecule has 0 amide bonds. The van der Waals surface area contributed by atoms with E-state index in [1.54, 1.807) is 31.3 Å². The lowest BCUT2D eigenvalue weighted by Gasteiger charge is -2.07. The lowest BCUT2D eigenvalue weighted by molar-refractivity contribution is 0.640. The number of benzene rings is 1. The summed E-state index contributed by atoms with van der Waals surface area (Å²) in [4.78, 5) is 17.4. The summed E-state index contributed by atoms with van der Waals surface area (Å²) >= 11 is 0. The molecule has 0 fully saturated rings. The Hall–Kier alpha value is -2.87. The van der Waals surface area contributed by atoms with Crippen LogP contribution in [0.2, 0.25) is 0 Å². The SMILES string of the molecule is Cc1cc(-c2ccc(F)c3cc[nH]c23)c(C#N)c(=O)[nH]1. The summed E-state index contributed by atoms with van der Waals surface area (Å²) in [6.45, 7) is 1.74. The van der Waals surface area contributed by atoms with Gasteiger partial charge in [0.25, 0.3) is 5.56 Å². The molecule has 0 unspecified atom stereocenters. The van der Waals surface area contributed by atoms with Gasteiger partial charge in [-0.1, -0.05) is 0 Å². The Balaban J connectivity index is 2.43. The predicted octanol–water partition coefficient (Wildman–Crippen LogP) is 2.84. The second kappa shape index (κ2) is 4.35. The molecule has 3 rings (SSSR count). The zero-order valence-corrected chi connectivity index (χ0v) is 10.6. The van der Waals surface area contributed by atoms with Gasteiger partial charge in [-0.05, 0) is 31.2 Å². The zero-order valence-electron chi connectivity index (χ0n) is 10.6. The third-order valence-electron chi connectivity index (χ3n) is 3.24. The van der Waals surface area contributed by atoms with Gasteiger partial charge in [0.15, 0.2) is 0 Å². The highest BCUT2D eigenvalue weighted by molar-refractivity contribution is 5.95. The Morgan fingerprint density at radius 3 is 2.80 bits per heavy atom. The number of nitriles is 1. The van der Waals surface area contributed by atoms with Crippen LogP contribution in [0.3, 0.4) is 0 Å². The number of hydrogen-bond donors (Lipinski definition) is 2. The van der Waals surface area contributed by atoms with E-state index in [4.69, 9.17) is 0 Å². The average molecular weight is 267 g/mol. The molecule has 20 heavy (non-hydrogen) atoms. The molecule has 3 aromatic rings. The van der Waals surface area contributed by atoms with Crippen molar-refractivity contribution < 1.29 is 4.39 Å². The highest BCUT2D eigenvalue weighted by atomic mass is 19.1. The molecule has 2 aromatic heterocycles. The minimum absolute atomic E-state index is 0.0260. The summed E-state index contributed by atoms with van der Waals surface area (Å²) in [6.07, 6.45) is 1.63. The molecule has 1 aromatic carbocycles. The Morgan fingerprint density at radius 1 is 1.25 bits per heavy atom. The van der Waals surface area contributed by atoms with Crippen LogP contribution < -0.4 is 5.56 Å². The van der Waals surface area contributed by atoms with E-state index in [1.165, 1.54) is 6.07 Å². The Kier molecular flexibility index (Phi) is 2.65. The molecule has 0 aliphatic carbocycles. The summed E-state index contributed by atoms with van der Waals surface area (Å²) in [5, 5.41) is 9.61. The van der Waals surface area contributed by atoms with E-state index in [-0.39, 0.29) is 11.4 Å². The molecule has 2 N–H and O–H groups in total. The standard InChI is InChI=1S/C15H10FN3O/c1-8-6-11(12(7-17)15(20)19-8)9-2-3-13(16)10-4-5-18-14(9)10/h2-6,18H,1H3,(H,19,20). The first kappa shape index (κ1) is 12.2. The number of nitrogens with one attached hydrogen (secondary N) is 2. The van der Waals surface area contributed by atoms with Crippen molar-refractivity contribution in [3.8, 4) is 17.2 Å². The third-order valence-corrected chi connectivity index (χ3v) is 3.24. The van der Waals surface area contributed by atoms with Crippen molar-refractivity contribution in [2.24, 2.45) is 0 Å². The first-order valence-electron chi connectivity index (χ1n) is 6.02. The molecule has 0 saturated heterocycles. The number of aromatic amines is 2.